The Labute approximate surface area is 148 Å². The molecule has 0 bridgehead atoms. The first-order valence-corrected chi connectivity index (χ1v) is 8.71. The Morgan fingerprint density at radius 1 is 1.00 bits per heavy atom. The molecule has 1 aromatic carbocycles. The third-order valence-corrected chi connectivity index (χ3v) is 3.85. The first kappa shape index (κ1) is 19.0. The maximum absolute atomic E-state index is 12.2. The Hall–Kier alpha value is -2.37. The van der Waals surface area contributed by atoms with Crippen LogP contribution in [0.2, 0.25) is 0 Å². The molecule has 0 aromatic heterocycles. The standard InChI is InChI=1S/C19H26N2O4/c1-19(2,3)25-18(24)20-12-8-4-5-9-13-21-16(22)14-10-6-7-11-15(14)17(21)23/h6-7,10-11H,4-5,8-9,12-13H2,1-3H3,(H,20,24). The zero-order valence-corrected chi connectivity index (χ0v) is 15.1. The van der Waals surface area contributed by atoms with Crippen molar-refractivity contribution in [1.29, 1.82) is 0 Å². The normalized spacial score (nSPS) is 13.8. The topological polar surface area (TPSA) is 75.7 Å². The van der Waals surface area contributed by atoms with Gasteiger partial charge in [0.05, 0.1) is 11.1 Å². The summed E-state index contributed by atoms with van der Waals surface area (Å²) in [4.78, 5) is 37.2. The van der Waals surface area contributed by atoms with Gasteiger partial charge in [-0.2, -0.15) is 0 Å². The van der Waals surface area contributed by atoms with Crippen molar-refractivity contribution >= 4 is 17.9 Å². The van der Waals surface area contributed by atoms with Crippen molar-refractivity contribution in [2.24, 2.45) is 0 Å². The van der Waals surface area contributed by atoms with Crippen LogP contribution in [0.15, 0.2) is 24.3 Å². The molecule has 0 saturated heterocycles. The SMILES string of the molecule is CC(C)(C)OC(=O)NCCCCCCN1C(=O)c2ccccc2C1=O. The van der Waals surface area contributed by atoms with Gasteiger partial charge >= 0.3 is 6.09 Å². The molecule has 0 radical (unpaired) electrons. The zero-order chi connectivity index (χ0) is 18.4. The van der Waals surface area contributed by atoms with Gasteiger partial charge in [0.1, 0.15) is 5.60 Å². The van der Waals surface area contributed by atoms with Gasteiger partial charge in [-0.1, -0.05) is 25.0 Å². The van der Waals surface area contributed by atoms with E-state index in [1.807, 2.05) is 20.8 Å². The number of imide groups is 1. The predicted molar refractivity (Wildman–Crippen MR) is 94.5 cm³/mol. The highest BCUT2D eigenvalue weighted by Crippen LogP contribution is 2.22. The van der Waals surface area contributed by atoms with E-state index in [0.717, 1.165) is 25.7 Å². The van der Waals surface area contributed by atoms with Crippen LogP contribution in [0.5, 0.6) is 0 Å². The molecule has 1 N–H and O–H groups in total. The highest BCUT2D eigenvalue weighted by molar-refractivity contribution is 6.21. The van der Waals surface area contributed by atoms with Crippen molar-refractivity contribution in [3.63, 3.8) is 0 Å². The molecule has 25 heavy (non-hydrogen) atoms. The molecule has 6 nitrogen and oxygen atoms in total. The van der Waals surface area contributed by atoms with Gasteiger partial charge in [0.15, 0.2) is 0 Å². The van der Waals surface area contributed by atoms with Crippen LogP contribution >= 0.6 is 0 Å². The Morgan fingerprint density at radius 2 is 1.56 bits per heavy atom. The van der Waals surface area contributed by atoms with Crippen molar-refractivity contribution in [2.75, 3.05) is 13.1 Å². The number of unbranched alkanes of at least 4 members (excludes halogenated alkanes) is 3. The summed E-state index contributed by atoms with van der Waals surface area (Å²) in [6, 6.07) is 6.92. The van der Waals surface area contributed by atoms with Gasteiger partial charge in [-0.15, -0.1) is 0 Å². The number of alkyl carbamates (subject to hydrolysis) is 1. The molecule has 1 aliphatic heterocycles. The van der Waals surface area contributed by atoms with Gasteiger partial charge < -0.3 is 10.1 Å². The van der Waals surface area contributed by atoms with Gasteiger partial charge in [0, 0.05) is 13.1 Å². The smallest absolute Gasteiger partial charge is 0.407 e. The fourth-order valence-electron chi connectivity index (χ4n) is 2.70. The van der Waals surface area contributed by atoms with Gasteiger partial charge in [0.25, 0.3) is 11.8 Å². The molecule has 0 unspecified atom stereocenters. The van der Waals surface area contributed by atoms with Crippen molar-refractivity contribution in [2.45, 2.75) is 52.1 Å². The molecule has 0 spiro atoms. The van der Waals surface area contributed by atoms with Crippen LogP contribution in [0.4, 0.5) is 4.79 Å². The molecule has 0 aliphatic carbocycles. The highest BCUT2D eigenvalue weighted by Gasteiger charge is 2.34. The maximum atomic E-state index is 12.2. The second kappa shape index (κ2) is 8.14. The summed E-state index contributed by atoms with van der Waals surface area (Å²) in [6.07, 6.45) is 3.00. The second-order valence-corrected chi connectivity index (χ2v) is 7.15. The lowest BCUT2D eigenvalue weighted by Gasteiger charge is -2.19. The van der Waals surface area contributed by atoms with E-state index in [0.29, 0.717) is 24.2 Å². The summed E-state index contributed by atoms with van der Waals surface area (Å²) in [5.41, 5.74) is 0.499. The quantitative estimate of drug-likeness (QED) is 0.607. The minimum absolute atomic E-state index is 0.202. The third kappa shape index (κ3) is 5.31. The Morgan fingerprint density at radius 3 is 2.12 bits per heavy atom. The van der Waals surface area contributed by atoms with E-state index in [1.165, 1.54) is 4.90 Å². The van der Waals surface area contributed by atoms with Crippen LogP contribution in [0.3, 0.4) is 0 Å². The average molecular weight is 346 g/mol. The zero-order valence-electron chi connectivity index (χ0n) is 15.1. The lowest BCUT2D eigenvalue weighted by molar-refractivity contribution is 0.0524. The molecule has 136 valence electrons. The summed E-state index contributed by atoms with van der Waals surface area (Å²) in [5, 5.41) is 2.72. The molecular formula is C19H26N2O4. The van der Waals surface area contributed by atoms with Crippen LogP contribution in [0.1, 0.15) is 67.2 Å². The fourth-order valence-corrected chi connectivity index (χ4v) is 2.70. The number of carbonyl (C=O) groups excluding carboxylic acids is 3. The molecule has 0 saturated carbocycles. The highest BCUT2D eigenvalue weighted by atomic mass is 16.6. The number of nitrogens with one attached hydrogen (secondary N) is 1. The van der Waals surface area contributed by atoms with E-state index in [-0.39, 0.29) is 11.8 Å². The molecule has 0 atom stereocenters. The number of benzene rings is 1. The number of carbonyl (C=O) groups is 3. The molecule has 2 rings (SSSR count). The van der Waals surface area contributed by atoms with Gasteiger partial charge in [-0.25, -0.2) is 4.79 Å². The van der Waals surface area contributed by atoms with Gasteiger partial charge in [0.2, 0.25) is 0 Å². The summed E-state index contributed by atoms with van der Waals surface area (Å²) in [5.74, 6) is -0.403. The predicted octanol–water partition coefficient (Wildman–Crippen LogP) is 3.37. The number of nitrogens with zero attached hydrogens (tertiary/aromatic N) is 1. The van der Waals surface area contributed by atoms with Crippen LogP contribution in [-0.4, -0.2) is 41.5 Å². The van der Waals surface area contributed by atoms with E-state index >= 15 is 0 Å². The number of rotatable bonds is 7. The summed E-state index contributed by atoms with van der Waals surface area (Å²) in [6.45, 7) is 6.47. The Balaban J connectivity index is 1.61. The monoisotopic (exact) mass is 346 g/mol. The first-order valence-electron chi connectivity index (χ1n) is 8.71. The number of hydrogen-bond donors (Lipinski definition) is 1. The molecule has 0 fully saturated rings. The van der Waals surface area contributed by atoms with Gasteiger partial charge in [-0.05, 0) is 45.7 Å². The minimum atomic E-state index is -0.490. The van der Waals surface area contributed by atoms with Crippen molar-refractivity contribution in [3.8, 4) is 0 Å². The van der Waals surface area contributed by atoms with E-state index in [1.54, 1.807) is 24.3 Å². The third-order valence-electron chi connectivity index (χ3n) is 3.85. The molecule has 3 amide bonds. The molecule has 1 aliphatic rings. The largest absolute Gasteiger partial charge is 0.444 e. The van der Waals surface area contributed by atoms with Crippen molar-refractivity contribution in [1.82, 2.24) is 10.2 Å². The van der Waals surface area contributed by atoms with E-state index in [9.17, 15) is 14.4 Å². The average Bonchev–Trinajstić information content (AvgIpc) is 2.77. The van der Waals surface area contributed by atoms with Crippen molar-refractivity contribution in [3.05, 3.63) is 35.4 Å². The lowest BCUT2D eigenvalue weighted by atomic mass is 10.1. The van der Waals surface area contributed by atoms with Crippen LogP contribution in [0, 0.1) is 0 Å². The number of amides is 3. The first-order chi connectivity index (χ1) is 11.8. The van der Waals surface area contributed by atoms with Gasteiger partial charge in [-0.3, -0.25) is 14.5 Å². The lowest BCUT2D eigenvalue weighted by Crippen LogP contribution is -2.33. The molecular weight excluding hydrogens is 320 g/mol. The Kier molecular flexibility index (Phi) is 6.17. The van der Waals surface area contributed by atoms with Crippen molar-refractivity contribution < 1.29 is 19.1 Å². The minimum Gasteiger partial charge on any atom is -0.444 e. The fraction of sp³-hybridized carbons (Fsp3) is 0.526. The summed E-state index contributed by atoms with van der Waals surface area (Å²) < 4.78 is 5.16. The van der Waals surface area contributed by atoms with Crippen LogP contribution < -0.4 is 5.32 Å². The van der Waals surface area contributed by atoms with Crippen LogP contribution in [0.25, 0.3) is 0 Å². The number of ether oxygens (including phenoxy) is 1. The maximum Gasteiger partial charge on any atom is 0.407 e. The Bertz CT molecular complexity index is 614. The molecule has 1 heterocycles. The van der Waals surface area contributed by atoms with E-state index < -0.39 is 11.7 Å². The van der Waals surface area contributed by atoms with E-state index in [2.05, 4.69) is 5.32 Å². The summed E-state index contributed by atoms with van der Waals surface area (Å²) in [7, 11) is 0. The van der Waals surface area contributed by atoms with E-state index in [4.69, 9.17) is 4.74 Å². The van der Waals surface area contributed by atoms with Crippen LogP contribution in [-0.2, 0) is 4.74 Å². The number of fused-ring (bicyclic) bond motifs is 1. The second-order valence-electron chi connectivity index (χ2n) is 7.15. The molecule has 1 aromatic rings. The summed E-state index contributed by atoms with van der Waals surface area (Å²) >= 11 is 0. The molecule has 6 heteroatoms. The number of hydrogen-bond acceptors (Lipinski definition) is 4.